The molecule has 19 heavy (non-hydrogen) atoms. The first-order valence-corrected chi connectivity index (χ1v) is 6.26. The lowest BCUT2D eigenvalue weighted by molar-refractivity contribution is -0.185. The second kappa shape index (κ2) is 6.91. The molecular weight excluding hydrogens is 255 g/mol. The summed E-state index contributed by atoms with van der Waals surface area (Å²) in [6.07, 6.45) is -4.90. The highest BCUT2D eigenvalue weighted by atomic mass is 19.4. The molecule has 2 nitrogen and oxygen atoms in total. The molecule has 0 aliphatic carbocycles. The zero-order valence-electron chi connectivity index (χ0n) is 11.4. The van der Waals surface area contributed by atoms with Crippen LogP contribution in [0.15, 0.2) is 24.3 Å². The third kappa shape index (κ3) is 6.59. The van der Waals surface area contributed by atoms with Crippen molar-refractivity contribution in [2.24, 2.45) is 0 Å². The van der Waals surface area contributed by atoms with E-state index in [1.54, 1.807) is 12.1 Å². The molecule has 0 aliphatic heterocycles. The predicted molar refractivity (Wildman–Crippen MR) is 69.1 cm³/mol. The normalized spacial score (nSPS) is 13.8. The van der Waals surface area contributed by atoms with E-state index in [0.717, 1.165) is 11.1 Å². The lowest BCUT2D eigenvalue weighted by Crippen LogP contribution is -2.31. The maximum absolute atomic E-state index is 12.2. The molecule has 1 N–H and O–H groups in total. The third-order valence-electron chi connectivity index (χ3n) is 2.61. The zero-order chi connectivity index (χ0) is 14.5. The monoisotopic (exact) mass is 275 g/mol. The summed E-state index contributed by atoms with van der Waals surface area (Å²) in [5, 5.41) is 3.10. The van der Waals surface area contributed by atoms with Gasteiger partial charge in [0.25, 0.3) is 0 Å². The van der Waals surface area contributed by atoms with E-state index in [-0.39, 0.29) is 6.04 Å². The lowest BCUT2D eigenvalue weighted by atomic mass is 10.1. The summed E-state index contributed by atoms with van der Waals surface area (Å²) in [4.78, 5) is 0. The van der Waals surface area contributed by atoms with Gasteiger partial charge in [0.15, 0.2) is 0 Å². The molecule has 0 amide bonds. The van der Waals surface area contributed by atoms with Crippen LogP contribution < -0.4 is 5.32 Å². The fourth-order valence-electron chi connectivity index (χ4n) is 1.59. The lowest BCUT2D eigenvalue weighted by Gasteiger charge is -2.21. The number of alkyl halides is 3. The smallest absolute Gasteiger partial charge is 0.363 e. The first kappa shape index (κ1) is 16.0. The van der Waals surface area contributed by atoms with Crippen molar-refractivity contribution in [1.29, 1.82) is 0 Å². The highest BCUT2D eigenvalue weighted by Gasteiger charge is 2.29. The zero-order valence-corrected chi connectivity index (χ0v) is 11.4. The molecule has 1 rings (SSSR count). The van der Waals surface area contributed by atoms with E-state index in [0.29, 0.717) is 6.54 Å². The van der Waals surface area contributed by atoms with E-state index in [1.807, 2.05) is 32.9 Å². The van der Waals surface area contributed by atoms with E-state index >= 15 is 0 Å². The molecular formula is C14H20F3NO. The Balaban J connectivity index is 2.70. The average Bonchev–Trinajstić information content (AvgIpc) is 2.29. The van der Waals surface area contributed by atoms with Crippen LogP contribution in [0, 0.1) is 6.92 Å². The van der Waals surface area contributed by atoms with Crippen LogP contribution in [0.4, 0.5) is 13.2 Å². The van der Waals surface area contributed by atoms with E-state index in [1.165, 1.54) is 0 Å². The number of ether oxygens (including phenoxy) is 1. The number of hydrogen-bond acceptors (Lipinski definition) is 2. The van der Waals surface area contributed by atoms with Gasteiger partial charge in [-0.1, -0.05) is 43.7 Å². The molecule has 5 heteroatoms. The molecule has 0 fully saturated rings. The number of benzene rings is 1. The van der Waals surface area contributed by atoms with Crippen LogP contribution in [-0.2, 0) is 4.74 Å². The highest BCUT2D eigenvalue weighted by molar-refractivity contribution is 5.23. The molecule has 1 aromatic rings. The SMILES string of the molecule is Cc1ccc(C(CNC(C)C)OCC(F)(F)F)cc1. The summed E-state index contributed by atoms with van der Waals surface area (Å²) in [6.45, 7) is 4.94. The molecule has 1 atom stereocenters. The van der Waals surface area contributed by atoms with Crippen LogP contribution in [-0.4, -0.2) is 25.4 Å². The second-order valence-electron chi connectivity index (χ2n) is 4.89. The van der Waals surface area contributed by atoms with Crippen molar-refractivity contribution in [2.75, 3.05) is 13.2 Å². The molecule has 0 spiro atoms. The van der Waals surface area contributed by atoms with Crippen LogP contribution in [0.5, 0.6) is 0 Å². The fraction of sp³-hybridized carbons (Fsp3) is 0.571. The standard InChI is InChI=1S/C14H20F3NO/c1-10(2)18-8-13(19-9-14(15,16)17)12-6-4-11(3)5-7-12/h4-7,10,13,18H,8-9H2,1-3H3. The Kier molecular flexibility index (Phi) is 5.82. The third-order valence-corrected chi connectivity index (χ3v) is 2.61. The summed E-state index contributed by atoms with van der Waals surface area (Å²) in [6, 6.07) is 7.54. The van der Waals surface area contributed by atoms with Gasteiger partial charge in [0.05, 0.1) is 6.10 Å². The molecule has 0 aromatic heterocycles. The first-order chi connectivity index (χ1) is 8.78. The highest BCUT2D eigenvalue weighted by Crippen LogP contribution is 2.22. The Hall–Kier alpha value is -1.07. The van der Waals surface area contributed by atoms with Crippen molar-refractivity contribution in [3.63, 3.8) is 0 Å². The van der Waals surface area contributed by atoms with Crippen molar-refractivity contribution >= 4 is 0 Å². The first-order valence-electron chi connectivity index (χ1n) is 6.26. The number of aryl methyl sites for hydroxylation is 1. The van der Waals surface area contributed by atoms with E-state index in [4.69, 9.17) is 4.74 Å². The Bertz CT molecular complexity index is 373. The van der Waals surface area contributed by atoms with Gasteiger partial charge < -0.3 is 10.1 Å². The molecule has 1 unspecified atom stereocenters. The van der Waals surface area contributed by atoms with E-state index in [9.17, 15) is 13.2 Å². The fourth-order valence-corrected chi connectivity index (χ4v) is 1.59. The second-order valence-corrected chi connectivity index (χ2v) is 4.89. The van der Waals surface area contributed by atoms with Gasteiger partial charge in [-0.25, -0.2) is 0 Å². The summed E-state index contributed by atoms with van der Waals surface area (Å²) in [7, 11) is 0. The summed E-state index contributed by atoms with van der Waals surface area (Å²) < 4.78 is 41.7. The van der Waals surface area contributed by atoms with Gasteiger partial charge in [0.2, 0.25) is 0 Å². The summed E-state index contributed by atoms with van der Waals surface area (Å²) >= 11 is 0. The number of halogens is 3. The van der Waals surface area contributed by atoms with E-state index in [2.05, 4.69) is 5.32 Å². The number of rotatable bonds is 6. The Morgan fingerprint density at radius 1 is 1.16 bits per heavy atom. The quantitative estimate of drug-likeness (QED) is 0.856. The van der Waals surface area contributed by atoms with E-state index < -0.39 is 18.9 Å². The van der Waals surface area contributed by atoms with Gasteiger partial charge in [0, 0.05) is 12.6 Å². The predicted octanol–water partition coefficient (Wildman–Crippen LogP) is 3.61. The number of hydrogen-bond donors (Lipinski definition) is 1. The Labute approximate surface area is 112 Å². The molecule has 0 bridgehead atoms. The Morgan fingerprint density at radius 2 is 1.74 bits per heavy atom. The van der Waals surface area contributed by atoms with Crippen molar-refractivity contribution in [3.8, 4) is 0 Å². The van der Waals surface area contributed by atoms with Crippen molar-refractivity contribution < 1.29 is 17.9 Å². The van der Waals surface area contributed by atoms with Gasteiger partial charge in [-0.05, 0) is 12.5 Å². The largest absolute Gasteiger partial charge is 0.411 e. The molecule has 0 aliphatic rings. The van der Waals surface area contributed by atoms with Crippen LogP contribution in [0.3, 0.4) is 0 Å². The van der Waals surface area contributed by atoms with Crippen LogP contribution in [0.2, 0.25) is 0 Å². The average molecular weight is 275 g/mol. The molecule has 0 heterocycles. The molecule has 108 valence electrons. The minimum atomic E-state index is -4.30. The molecule has 0 saturated heterocycles. The van der Waals surface area contributed by atoms with Gasteiger partial charge in [0.1, 0.15) is 6.61 Å². The molecule has 1 aromatic carbocycles. The van der Waals surface area contributed by atoms with Crippen LogP contribution in [0.1, 0.15) is 31.1 Å². The van der Waals surface area contributed by atoms with Gasteiger partial charge in [-0.2, -0.15) is 13.2 Å². The minimum Gasteiger partial charge on any atom is -0.363 e. The summed E-state index contributed by atoms with van der Waals surface area (Å²) in [5.41, 5.74) is 1.82. The van der Waals surface area contributed by atoms with Crippen LogP contribution in [0.25, 0.3) is 0 Å². The van der Waals surface area contributed by atoms with Gasteiger partial charge >= 0.3 is 6.18 Å². The van der Waals surface area contributed by atoms with Crippen molar-refractivity contribution in [3.05, 3.63) is 35.4 Å². The van der Waals surface area contributed by atoms with Crippen LogP contribution >= 0.6 is 0 Å². The minimum absolute atomic E-state index is 0.197. The number of nitrogens with one attached hydrogen (secondary N) is 1. The topological polar surface area (TPSA) is 21.3 Å². The van der Waals surface area contributed by atoms with Gasteiger partial charge in [-0.15, -0.1) is 0 Å². The van der Waals surface area contributed by atoms with Crippen molar-refractivity contribution in [2.45, 2.75) is 39.1 Å². The maximum atomic E-state index is 12.2. The van der Waals surface area contributed by atoms with Crippen molar-refractivity contribution in [1.82, 2.24) is 5.32 Å². The summed E-state index contributed by atoms with van der Waals surface area (Å²) in [5.74, 6) is 0. The molecule has 0 saturated carbocycles. The molecule has 0 radical (unpaired) electrons. The maximum Gasteiger partial charge on any atom is 0.411 e. The van der Waals surface area contributed by atoms with Gasteiger partial charge in [-0.3, -0.25) is 0 Å². The Morgan fingerprint density at radius 3 is 2.21 bits per heavy atom.